The van der Waals surface area contributed by atoms with Crippen molar-refractivity contribution in [1.29, 1.82) is 0 Å². The minimum Gasteiger partial charge on any atom is -0.619 e. The summed E-state index contributed by atoms with van der Waals surface area (Å²) in [5.74, 6) is -0.732. The van der Waals surface area contributed by atoms with Gasteiger partial charge in [-0.2, -0.15) is 0 Å². The van der Waals surface area contributed by atoms with Crippen LogP contribution in [0, 0.1) is 5.21 Å². The number of hydrogen-bond donors (Lipinski definition) is 1. The Kier molecular flexibility index (Phi) is 5.31. The molecule has 0 radical (unpaired) electrons. The predicted molar refractivity (Wildman–Crippen MR) is 96.7 cm³/mol. The molecule has 0 saturated carbocycles. The van der Waals surface area contributed by atoms with E-state index < -0.39 is 16.7 Å². The zero-order chi connectivity index (χ0) is 18.0. The maximum atomic E-state index is 12.3. The maximum Gasteiger partial charge on any atom is 0.363 e. The van der Waals surface area contributed by atoms with Gasteiger partial charge < -0.3 is 5.21 Å². The number of carbonyl (C=O) groups excluding carboxylic acids is 1. The molecule has 1 N–H and O–H groups in total. The summed E-state index contributed by atoms with van der Waals surface area (Å²) in [6.45, 7) is 0.246. The number of hydrogen-bond acceptors (Lipinski definition) is 5. The Labute approximate surface area is 156 Å². The Morgan fingerprint density at radius 2 is 1.64 bits per heavy atom. The fraction of sp³-hybridized carbons (Fsp3) is 0.0625. The monoisotopic (exact) mass is 395 g/mol. The van der Waals surface area contributed by atoms with Crippen molar-refractivity contribution in [2.24, 2.45) is 0 Å². The zero-order valence-electron chi connectivity index (χ0n) is 12.6. The van der Waals surface area contributed by atoms with Crippen molar-refractivity contribution >= 4 is 45.8 Å². The van der Waals surface area contributed by atoms with Crippen LogP contribution in [-0.4, -0.2) is 14.8 Å². The first-order valence-corrected chi connectivity index (χ1v) is 8.64. The van der Waals surface area contributed by atoms with Gasteiger partial charge in [0.2, 0.25) is 0 Å². The summed E-state index contributed by atoms with van der Waals surface area (Å²) in [6, 6.07) is 12.9. The molecule has 128 valence electrons. The van der Waals surface area contributed by atoms with Crippen LogP contribution in [0.2, 0.25) is 10.0 Å². The number of rotatable bonds is 4. The van der Waals surface area contributed by atoms with Crippen LogP contribution in [0.25, 0.3) is 0 Å². The number of aromatic nitrogens is 2. The van der Waals surface area contributed by atoms with E-state index in [4.69, 9.17) is 23.2 Å². The van der Waals surface area contributed by atoms with Gasteiger partial charge in [0.15, 0.2) is 0 Å². The quantitative estimate of drug-likeness (QED) is 0.688. The van der Waals surface area contributed by atoms with Crippen LogP contribution in [0.3, 0.4) is 0 Å². The van der Waals surface area contributed by atoms with Crippen molar-refractivity contribution in [2.45, 2.75) is 6.54 Å². The van der Waals surface area contributed by atoms with E-state index in [-0.39, 0.29) is 17.2 Å². The van der Waals surface area contributed by atoms with Crippen LogP contribution in [0.15, 0.2) is 53.3 Å². The molecule has 0 aliphatic heterocycles. The molecule has 25 heavy (non-hydrogen) atoms. The molecule has 0 saturated heterocycles. The largest absolute Gasteiger partial charge is 0.619 e. The number of halogens is 2. The van der Waals surface area contributed by atoms with Gasteiger partial charge in [0.05, 0.1) is 12.1 Å². The highest BCUT2D eigenvalue weighted by atomic mass is 35.5. The van der Waals surface area contributed by atoms with Crippen LogP contribution < -0.4 is 10.8 Å². The Morgan fingerprint density at radius 1 is 1.08 bits per heavy atom. The van der Waals surface area contributed by atoms with Crippen molar-refractivity contribution in [3.63, 3.8) is 0 Å². The number of hydroxylamine groups is 1. The molecular formula is C16H11Cl2N3O3S. The van der Waals surface area contributed by atoms with Gasteiger partial charge in [0.1, 0.15) is 0 Å². The van der Waals surface area contributed by atoms with Crippen LogP contribution in [0.5, 0.6) is 0 Å². The molecule has 0 aliphatic rings. The van der Waals surface area contributed by atoms with E-state index in [0.717, 1.165) is 17.1 Å². The highest BCUT2D eigenvalue weighted by molar-refractivity contribution is 7.09. The SMILES string of the molecule is O=C(c1ccc(Cl)cc1)[NH+]([O-])c1nc(=O)n(Cc2ccc(Cl)cc2)s1. The lowest BCUT2D eigenvalue weighted by atomic mass is 10.2. The number of nitrogens with one attached hydrogen (secondary N) is 1. The molecule has 1 unspecified atom stereocenters. The number of benzene rings is 2. The lowest BCUT2D eigenvalue weighted by Gasteiger charge is -2.14. The molecule has 1 amide bonds. The van der Waals surface area contributed by atoms with Crippen LogP contribution in [0.4, 0.5) is 5.13 Å². The lowest BCUT2D eigenvalue weighted by molar-refractivity contribution is -0.679. The fourth-order valence-corrected chi connectivity index (χ4v) is 3.17. The van der Waals surface area contributed by atoms with Gasteiger partial charge in [0.25, 0.3) is 0 Å². The molecule has 6 nitrogen and oxygen atoms in total. The molecule has 1 aromatic heterocycles. The summed E-state index contributed by atoms with van der Waals surface area (Å²) in [5, 5.41) is 12.4. The fourth-order valence-electron chi connectivity index (χ4n) is 2.08. The first-order valence-electron chi connectivity index (χ1n) is 7.11. The minimum atomic E-state index is -0.820. The summed E-state index contributed by atoms with van der Waals surface area (Å²) < 4.78 is 1.31. The molecule has 1 atom stereocenters. The van der Waals surface area contributed by atoms with Crippen molar-refractivity contribution in [3.05, 3.63) is 85.4 Å². The van der Waals surface area contributed by atoms with Crippen molar-refractivity contribution in [2.75, 3.05) is 0 Å². The maximum absolute atomic E-state index is 12.3. The summed E-state index contributed by atoms with van der Waals surface area (Å²) >= 11 is 12.4. The Hall–Kier alpha value is -2.03. The van der Waals surface area contributed by atoms with Crippen LogP contribution in [-0.2, 0) is 6.54 Å². The third-order valence-corrected chi connectivity index (χ3v) is 4.81. The average molecular weight is 396 g/mol. The van der Waals surface area contributed by atoms with E-state index in [9.17, 15) is 14.8 Å². The van der Waals surface area contributed by atoms with Gasteiger partial charge in [-0.25, -0.2) is 18.6 Å². The summed E-state index contributed by atoms with van der Waals surface area (Å²) in [5.41, 5.74) is 0.451. The van der Waals surface area contributed by atoms with Gasteiger partial charge in [-0.3, -0.25) is 0 Å². The van der Waals surface area contributed by atoms with Gasteiger partial charge in [-0.1, -0.05) is 35.3 Å². The molecular weight excluding hydrogens is 385 g/mol. The number of amides is 1. The minimum absolute atomic E-state index is 0.140. The van der Waals surface area contributed by atoms with Crippen molar-refractivity contribution in [1.82, 2.24) is 8.94 Å². The third-order valence-electron chi connectivity index (χ3n) is 3.35. The number of quaternary nitrogens is 1. The molecule has 3 rings (SSSR count). The highest BCUT2D eigenvalue weighted by Crippen LogP contribution is 2.13. The normalized spacial score (nSPS) is 12.1. The Morgan fingerprint density at radius 3 is 2.24 bits per heavy atom. The molecule has 9 heteroatoms. The average Bonchev–Trinajstić information content (AvgIpc) is 2.97. The van der Waals surface area contributed by atoms with E-state index in [1.54, 1.807) is 24.3 Å². The molecule has 1 heterocycles. The smallest absolute Gasteiger partial charge is 0.363 e. The van der Waals surface area contributed by atoms with E-state index in [1.807, 2.05) is 0 Å². The molecule has 0 bridgehead atoms. The Bertz CT molecular complexity index is 952. The van der Waals surface area contributed by atoms with E-state index in [0.29, 0.717) is 10.0 Å². The molecule has 3 aromatic rings. The standard InChI is InChI=1S/C16H11Cl2N3O3S/c17-12-5-1-10(2-6-12)9-20-15(23)19-16(25-20)21(24)14(22)11-3-7-13(18)8-4-11/h1-8,21H,9H2. The zero-order valence-corrected chi connectivity index (χ0v) is 14.9. The number of nitrogens with zero attached hydrogens (tertiary/aromatic N) is 2. The van der Waals surface area contributed by atoms with Crippen molar-refractivity contribution in [3.8, 4) is 0 Å². The first kappa shape index (κ1) is 17.8. The van der Waals surface area contributed by atoms with E-state index in [2.05, 4.69) is 4.98 Å². The van der Waals surface area contributed by atoms with Gasteiger partial charge in [0, 0.05) is 21.6 Å². The first-order chi connectivity index (χ1) is 11.9. The predicted octanol–water partition coefficient (Wildman–Crippen LogP) is 2.51. The topological polar surface area (TPSA) is 79.5 Å². The second kappa shape index (κ2) is 7.47. The van der Waals surface area contributed by atoms with Gasteiger partial charge in [-0.15, -0.1) is 4.98 Å². The van der Waals surface area contributed by atoms with Gasteiger partial charge in [-0.05, 0) is 42.0 Å². The van der Waals surface area contributed by atoms with E-state index in [1.165, 1.54) is 28.2 Å². The second-order valence-corrected chi connectivity index (χ2v) is 7.00. The Balaban J connectivity index is 1.81. The van der Waals surface area contributed by atoms with Gasteiger partial charge >= 0.3 is 16.7 Å². The summed E-state index contributed by atoms with van der Waals surface area (Å²) in [6.07, 6.45) is 0. The summed E-state index contributed by atoms with van der Waals surface area (Å²) in [4.78, 5) is 27.9. The summed E-state index contributed by atoms with van der Waals surface area (Å²) in [7, 11) is 0. The molecule has 2 aromatic carbocycles. The third kappa shape index (κ3) is 4.15. The molecule has 0 fully saturated rings. The van der Waals surface area contributed by atoms with Crippen LogP contribution >= 0.6 is 34.7 Å². The molecule has 0 aliphatic carbocycles. The highest BCUT2D eigenvalue weighted by Gasteiger charge is 2.21. The van der Waals surface area contributed by atoms with Crippen molar-refractivity contribution < 1.29 is 9.86 Å². The number of carbonyl (C=O) groups is 1. The van der Waals surface area contributed by atoms with E-state index >= 15 is 0 Å². The lowest BCUT2D eigenvalue weighted by Crippen LogP contribution is -3.05. The second-order valence-electron chi connectivity index (χ2n) is 5.12. The van der Waals surface area contributed by atoms with Crippen LogP contribution in [0.1, 0.15) is 15.9 Å². The molecule has 0 spiro atoms.